The zero-order valence-corrected chi connectivity index (χ0v) is 21.9. The van der Waals surface area contributed by atoms with Gasteiger partial charge in [0.15, 0.2) is 0 Å². The molecule has 0 aromatic carbocycles. The van der Waals surface area contributed by atoms with Gasteiger partial charge in [0, 0.05) is 18.3 Å². The van der Waals surface area contributed by atoms with Crippen LogP contribution < -0.4 is 0 Å². The third-order valence-electron chi connectivity index (χ3n) is 9.89. The smallest absolute Gasteiger partial charge is 0.131 e. The molecule has 4 rings (SSSR count). The highest BCUT2D eigenvalue weighted by atomic mass is 14.9. The topological polar surface area (TPSA) is 25.8 Å². The Labute approximate surface area is 205 Å². The highest BCUT2D eigenvalue weighted by Gasteiger charge is 2.31. The van der Waals surface area contributed by atoms with Crippen LogP contribution in [0.15, 0.2) is 12.4 Å². The molecule has 0 saturated heterocycles. The van der Waals surface area contributed by atoms with E-state index in [2.05, 4.69) is 26.2 Å². The van der Waals surface area contributed by atoms with Crippen LogP contribution in [0.5, 0.6) is 0 Å². The fraction of sp³-hybridized carbons (Fsp3) is 0.871. The van der Waals surface area contributed by atoms with Gasteiger partial charge in [-0.2, -0.15) is 0 Å². The maximum Gasteiger partial charge on any atom is 0.131 e. The molecule has 2 nitrogen and oxygen atoms in total. The molecule has 0 amide bonds. The first-order valence-electron chi connectivity index (χ1n) is 15.1. The molecule has 1 aromatic rings. The van der Waals surface area contributed by atoms with E-state index < -0.39 is 0 Å². The van der Waals surface area contributed by atoms with Gasteiger partial charge in [-0.3, -0.25) is 0 Å². The molecule has 0 unspecified atom stereocenters. The summed E-state index contributed by atoms with van der Waals surface area (Å²) in [4.78, 5) is 9.82. The number of hydrogen-bond acceptors (Lipinski definition) is 2. The molecular weight excluding hydrogens is 400 g/mol. The number of aromatic nitrogens is 2. The van der Waals surface area contributed by atoms with Crippen molar-refractivity contribution in [1.82, 2.24) is 9.97 Å². The van der Waals surface area contributed by atoms with Gasteiger partial charge < -0.3 is 0 Å². The fourth-order valence-electron chi connectivity index (χ4n) is 7.53. The molecule has 186 valence electrons. The fourth-order valence-corrected chi connectivity index (χ4v) is 7.53. The Morgan fingerprint density at radius 1 is 0.576 bits per heavy atom. The zero-order valence-electron chi connectivity index (χ0n) is 21.9. The molecule has 1 aromatic heterocycles. The van der Waals surface area contributed by atoms with Crippen LogP contribution in [0, 0.1) is 23.7 Å². The lowest BCUT2D eigenvalue weighted by Gasteiger charge is -2.38. The predicted molar refractivity (Wildman–Crippen MR) is 141 cm³/mol. The minimum atomic E-state index is 0.615. The Balaban J connectivity index is 1.18. The van der Waals surface area contributed by atoms with Crippen LogP contribution in [0.3, 0.4) is 0 Å². The molecule has 3 saturated carbocycles. The van der Waals surface area contributed by atoms with Crippen LogP contribution in [-0.2, 0) is 0 Å². The number of rotatable bonds is 10. The van der Waals surface area contributed by atoms with Gasteiger partial charge in [0.25, 0.3) is 0 Å². The first-order chi connectivity index (χ1) is 16.3. The highest BCUT2D eigenvalue weighted by Crippen LogP contribution is 2.44. The van der Waals surface area contributed by atoms with Gasteiger partial charge in [0.05, 0.1) is 0 Å². The van der Waals surface area contributed by atoms with Gasteiger partial charge in [-0.25, -0.2) is 9.97 Å². The van der Waals surface area contributed by atoms with E-state index >= 15 is 0 Å². The Morgan fingerprint density at radius 3 is 1.64 bits per heavy atom. The van der Waals surface area contributed by atoms with E-state index in [1.807, 2.05) is 0 Å². The third kappa shape index (κ3) is 7.28. The lowest BCUT2D eigenvalue weighted by molar-refractivity contribution is 0.155. The monoisotopic (exact) mass is 452 g/mol. The summed E-state index contributed by atoms with van der Waals surface area (Å²) in [6, 6.07) is 0. The zero-order chi connectivity index (χ0) is 22.9. The second kappa shape index (κ2) is 13.2. The largest absolute Gasteiger partial charge is 0.241 e. The van der Waals surface area contributed by atoms with Crippen LogP contribution in [-0.4, -0.2) is 9.97 Å². The summed E-state index contributed by atoms with van der Waals surface area (Å²) in [7, 11) is 0. The third-order valence-corrected chi connectivity index (χ3v) is 9.89. The summed E-state index contributed by atoms with van der Waals surface area (Å²) >= 11 is 0. The molecule has 2 heteroatoms. The van der Waals surface area contributed by atoms with Crippen LogP contribution in [0.25, 0.3) is 0 Å². The van der Waals surface area contributed by atoms with Crippen molar-refractivity contribution in [3.8, 4) is 0 Å². The molecule has 0 N–H and O–H groups in total. The average Bonchev–Trinajstić information content (AvgIpc) is 2.89. The maximum absolute atomic E-state index is 4.91. The minimum absolute atomic E-state index is 0.615. The molecule has 0 atom stereocenters. The molecule has 0 aliphatic heterocycles. The van der Waals surface area contributed by atoms with Gasteiger partial charge in [0.2, 0.25) is 0 Å². The lowest BCUT2D eigenvalue weighted by atomic mass is 9.68. The molecule has 0 bridgehead atoms. The van der Waals surface area contributed by atoms with Gasteiger partial charge in [-0.15, -0.1) is 0 Å². The van der Waals surface area contributed by atoms with Gasteiger partial charge >= 0.3 is 0 Å². The molecule has 1 heterocycles. The van der Waals surface area contributed by atoms with Crippen molar-refractivity contribution >= 4 is 0 Å². The first kappa shape index (κ1) is 25.2. The Morgan fingerprint density at radius 2 is 1.06 bits per heavy atom. The normalized spacial score (nSPS) is 33.2. The van der Waals surface area contributed by atoms with E-state index in [9.17, 15) is 0 Å². The summed E-state index contributed by atoms with van der Waals surface area (Å²) in [5.74, 6) is 6.51. The van der Waals surface area contributed by atoms with Crippen molar-refractivity contribution in [3.63, 3.8) is 0 Å². The quantitative estimate of drug-likeness (QED) is 0.330. The Bertz CT molecular complexity index is 644. The van der Waals surface area contributed by atoms with Crippen molar-refractivity contribution in [3.05, 3.63) is 23.8 Å². The van der Waals surface area contributed by atoms with E-state index in [1.165, 1.54) is 128 Å². The second-order valence-corrected chi connectivity index (χ2v) is 12.1. The maximum atomic E-state index is 4.91. The molecule has 0 radical (unpaired) electrons. The molecule has 0 spiro atoms. The van der Waals surface area contributed by atoms with Crippen molar-refractivity contribution in [1.29, 1.82) is 0 Å². The van der Waals surface area contributed by atoms with Gasteiger partial charge in [-0.05, 0) is 99.4 Å². The van der Waals surface area contributed by atoms with Gasteiger partial charge in [0.1, 0.15) is 5.82 Å². The van der Waals surface area contributed by atoms with E-state index in [-0.39, 0.29) is 0 Å². The SMILES string of the molecule is CCCCC[C@H]1CC[C@H](c2ncc([C@H]3CC[C@H]([C@H]4CC[C@H](CCCC)CC4)CC3)cn2)CC1. The van der Waals surface area contributed by atoms with Crippen LogP contribution >= 0.6 is 0 Å². The average molecular weight is 453 g/mol. The Kier molecular flexibility index (Phi) is 10.1. The molecule has 3 aliphatic carbocycles. The van der Waals surface area contributed by atoms with Crippen LogP contribution in [0.2, 0.25) is 0 Å². The minimum Gasteiger partial charge on any atom is -0.241 e. The second-order valence-electron chi connectivity index (χ2n) is 12.1. The molecule has 33 heavy (non-hydrogen) atoms. The summed E-state index contributed by atoms with van der Waals surface area (Å²) in [5.41, 5.74) is 1.42. The molecular formula is C31H52N2. The van der Waals surface area contributed by atoms with E-state index in [1.54, 1.807) is 0 Å². The molecule has 3 fully saturated rings. The number of unbranched alkanes of at least 4 members (excludes halogenated alkanes) is 3. The molecule has 3 aliphatic rings. The summed E-state index contributed by atoms with van der Waals surface area (Å²) < 4.78 is 0. The summed E-state index contributed by atoms with van der Waals surface area (Å²) in [5, 5.41) is 0. The van der Waals surface area contributed by atoms with Crippen LogP contribution in [0.1, 0.15) is 159 Å². The van der Waals surface area contributed by atoms with E-state index in [0.29, 0.717) is 11.8 Å². The van der Waals surface area contributed by atoms with Crippen molar-refractivity contribution < 1.29 is 0 Å². The first-order valence-corrected chi connectivity index (χ1v) is 15.1. The Hall–Kier alpha value is -0.920. The van der Waals surface area contributed by atoms with Crippen LogP contribution in [0.4, 0.5) is 0 Å². The van der Waals surface area contributed by atoms with Crippen molar-refractivity contribution in [2.75, 3.05) is 0 Å². The predicted octanol–water partition coefficient (Wildman–Crippen LogP) is 9.60. The summed E-state index contributed by atoms with van der Waals surface area (Å²) in [6.07, 6.45) is 31.4. The lowest BCUT2D eigenvalue weighted by Crippen LogP contribution is -2.25. The highest BCUT2D eigenvalue weighted by molar-refractivity contribution is 5.14. The summed E-state index contributed by atoms with van der Waals surface area (Å²) in [6.45, 7) is 4.65. The standard InChI is InChI=1S/C31H52N2/c1-3-5-7-9-25-12-16-29(17-13-25)31-32-22-30(23-33-31)28-20-18-27(19-21-28)26-14-10-24(11-15-26)8-6-4-2/h22-29H,3-21H2,1-2H3/t24-,25-,26-,27-,28-,29-. The number of nitrogens with zero attached hydrogens (tertiary/aromatic N) is 2. The number of hydrogen-bond donors (Lipinski definition) is 0. The van der Waals surface area contributed by atoms with E-state index in [0.717, 1.165) is 29.5 Å². The van der Waals surface area contributed by atoms with Gasteiger partial charge in [-0.1, -0.05) is 71.6 Å². The van der Waals surface area contributed by atoms with E-state index in [4.69, 9.17) is 9.97 Å². The van der Waals surface area contributed by atoms with Crippen molar-refractivity contribution in [2.24, 2.45) is 23.7 Å². The van der Waals surface area contributed by atoms with Crippen molar-refractivity contribution in [2.45, 2.75) is 148 Å².